The summed E-state index contributed by atoms with van der Waals surface area (Å²) in [6.07, 6.45) is 3.96. The van der Waals surface area contributed by atoms with E-state index in [4.69, 9.17) is 9.52 Å². The van der Waals surface area contributed by atoms with E-state index in [2.05, 4.69) is 0 Å². The molecule has 3 aromatic carbocycles. The quantitative estimate of drug-likeness (QED) is 0.466. The van der Waals surface area contributed by atoms with E-state index < -0.39 is 5.97 Å². The minimum Gasteiger partial charge on any atom is -0.478 e. The van der Waals surface area contributed by atoms with E-state index in [1.165, 1.54) is 0 Å². The van der Waals surface area contributed by atoms with Crippen molar-refractivity contribution in [3.63, 3.8) is 0 Å². The van der Waals surface area contributed by atoms with Crippen molar-refractivity contribution >= 4 is 29.1 Å². The molecule has 4 aromatic rings. The third kappa shape index (κ3) is 3.28. The van der Waals surface area contributed by atoms with Gasteiger partial charge in [0.15, 0.2) is 0 Å². The average Bonchev–Trinajstić information content (AvgIpc) is 3.11. The summed E-state index contributed by atoms with van der Waals surface area (Å²) in [5.74, 6) is -0.0623. The highest BCUT2D eigenvalue weighted by molar-refractivity contribution is 5.88. The molecule has 0 saturated heterocycles. The number of hydrogen-bond acceptors (Lipinski definition) is 2. The van der Waals surface area contributed by atoms with Gasteiger partial charge in [0.1, 0.15) is 11.3 Å². The molecule has 0 radical (unpaired) electrons. The summed E-state index contributed by atoms with van der Waals surface area (Å²) in [5.41, 5.74) is 4.22. The Bertz CT molecular complexity index is 1050. The molecule has 0 aliphatic heterocycles. The number of hydrogen-bond donors (Lipinski definition) is 1. The van der Waals surface area contributed by atoms with Gasteiger partial charge in [-0.1, -0.05) is 66.7 Å². The fourth-order valence-electron chi connectivity index (χ4n) is 2.81. The number of rotatable bonds is 4. The molecule has 4 rings (SSSR count). The molecular weight excluding hydrogens is 324 g/mol. The van der Waals surface area contributed by atoms with E-state index in [9.17, 15) is 4.79 Å². The molecule has 3 heteroatoms. The number of carboxylic acids is 1. The van der Waals surface area contributed by atoms with Gasteiger partial charge < -0.3 is 9.52 Å². The molecule has 0 amide bonds. The van der Waals surface area contributed by atoms with Gasteiger partial charge in [0.2, 0.25) is 0 Å². The minimum absolute atomic E-state index is 0.289. The molecule has 0 spiro atoms. The van der Waals surface area contributed by atoms with Crippen molar-refractivity contribution < 1.29 is 14.3 Å². The van der Waals surface area contributed by atoms with Crippen LogP contribution in [-0.4, -0.2) is 11.1 Å². The number of benzene rings is 3. The standard InChI is InChI=1S/C23H16O3/c24-23(25)19-13-9-17(10-14-19)6-5-16-7-11-18(12-8-16)22-15-20-3-1-2-4-21(20)26-22/h1-15H,(H,24,25)/b6-5+. The van der Waals surface area contributed by atoms with Crippen molar-refractivity contribution in [1.29, 1.82) is 0 Å². The molecule has 0 aliphatic carbocycles. The summed E-state index contributed by atoms with van der Waals surface area (Å²) in [6.45, 7) is 0. The zero-order chi connectivity index (χ0) is 17.9. The lowest BCUT2D eigenvalue weighted by molar-refractivity contribution is 0.0697. The molecule has 0 atom stereocenters. The molecule has 1 heterocycles. The van der Waals surface area contributed by atoms with E-state index in [0.717, 1.165) is 33.4 Å². The molecule has 26 heavy (non-hydrogen) atoms. The van der Waals surface area contributed by atoms with Gasteiger partial charge in [-0.2, -0.15) is 0 Å². The summed E-state index contributed by atoms with van der Waals surface area (Å²) in [6, 6.07) is 24.9. The summed E-state index contributed by atoms with van der Waals surface area (Å²) in [7, 11) is 0. The fourth-order valence-corrected chi connectivity index (χ4v) is 2.81. The molecule has 0 bridgehead atoms. The van der Waals surface area contributed by atoms with Crippen LogP contribution in [0.1, 0.15) is 21.5 Å². The van der Waals surface area contributed by atoms with Crippen molar-refractivity contribution in [3.05, 3.63) is 95.6 Å². The number of carboxylic acid groups (broad SMARTS) is 1. The van der Waals surface area contributed by atoms with Crippen LogP contribution < -0.4 is 0 Å². The highest BCUT2D eigenvalue weighted by Gasteiger charge is 2.05. The monoisotopic (exact) mass is 340 g/mol. The van der Waals surface area contributed by atoms with Crippen molar-refractivity contribution in [2.45, 2.75) is 0 Å². The molecule has 0 fully saturated rings. The maximum atomic E-state index is 10.9. The van der Waals surface area contributed by atoms with Gasteiger partial charge in [0.25, 0.3) is 0 Å². The second kappa shape index (κ2) is 6.73. The van der Waals surface area contributed by atoms with Gasteiger partial charge in [0, 0.05) is 10.9 Å². The number of aromatic carboxylic acids is 1. The zero-order valence-electron chi connectivity index (χ0n) is 13.9. The number of fused-ring (bicyclic) bond motifs is 1. The molecule has 0 saturated carbocycles. The van der Waals surface area contributed by atoms with Crippen LogP contribution in [0.3, 0.4) is 0 Å². The van der Waals surface area contributed by atoms with E-state index in [1.54, 1.807) is 24.3 Å². The number of furan rings is 1. The van der Waals surface area contributed by atoms with Gasteiger partial charge >= 0.3 is 5.97 Å². The lowest BCUT2D eigenvalue weighted by atomic mass is 10.1. The Labute approximate surface area is 150 Å². The van der Waals surface area contributed by atoms with Gasteiger partial charge in [-0.3, -0.25) is 0 Å². The van der Waals surface area contributed by atoms with Crippen LogP contribution in [0, 0.1) is 0 Å². The van der Waals surface area contributed by atoms with Crippen LogP contribution in [0.15, 0.2) is 83.3 Å². The van der Waals surface area contributed by atoms with Crippen LogP contribution >= 0.6 is 0 Å². The van der Waals surface area contributed by atoms with E-state index in [0.29, 0.717) is 0 Å². The Hall–Kier alpha value is -3.59. The molecule has 1 aromatic heterocycles. The highest BCUT2D eigenvalue weighted by atomic mass is 16.4. The summed E-state index contributed by atoms with van der Waals surface area (Å²) >= 11 is 0. The van der Waals surface area contributed by atoms with Gasteiger partial charge in [0.05, 0.1) is 5.56 Å². The van der Waals surface area contributed by atoms with Crippen molar-refractivity contribution in [1.82, 2.24) is 0 Å². The van der Waals surface area contributed by atoms with E-state index >= 15 is 0 Å². The normalized spacial score (nSPS) is 11.2. The maximum absolute atomic E-state index is 10.9. The Kier molecular flexibility index (Phi) is 4.12. The lowest BCUT2D eigenvalue weighted by Gasteiger charge is -1.99. The van der Waals surface area contributed by atoms with Gasteiger partial charge in [-0.05, 0) is 35.4 Å². The Morgan fingerprint density at radius 2 is 1.42 bits per heavy atom. The van der Waals surface area contributed by atoms with Crippen LogP contribution in [0.5, 0.6) is 0 Å². The molecule has 0 unspecified atom stereocenters. The highest BCUT2D eigenvalue weighted by Crippen LogP contribution is 2.28. The molecule has 0 aliphatic rings. The number of carbonyl (C=O) groups is 1. The van der Waals surface area contributed by atoms with Crippen molar-refractivity contribution in [2.75, 3.05) is 0 Å². The Morgan fingerprint density at radius 1 is 0.808 bits per heavy atom. The van der Waals surface area contributed by atoms with Crippen molar-refractivity contribution in [2.24, 2.45) is 0 Å². The van der Waals surface area contributed by atoms with Crippen LogP contribution in [0.4, 0.5) is 0 Å². The predicted octanol–water partition coefficient (Wildman–Crippen LogP) is 5.97. The first-order chi connectivity index (χ1) is 12.7. The second-order valence-corrected chi connectivity index (χ2v) is 6.03. The SMILES string of the molecule is O=C(O)c1ccc(/C=C/c2ccc(-c3cc4ccccc4o3)cc2)cc1. The van der Waals surface area contributed by atoms with Crippen molar-refractivity contribution in [3.8, 4) is 11.3 Å². The molecule has 3 nitrogen and oxygen atoms in total. The zero-order valence-corrected chi connectivity index (χ0v) is 13.9. The van der Waals surface area contributed by atoms with Crippen LogP contribution in [0.25, 0.3) is 34.4 Å². The second-order valence-electron chi connectivity index (χ2n) is 6.03. The average molecular weight is 340 g/mol. The van der Waals surface area contributed by atoms with Gasteiger partial charge in [-0.15, -0.1) is 0 Å². The summed E-state index contributed by atoms with van der Waals surface area (Å²) < 4.78 is 5.89. The molecule has 126 valence electrons. The first kappa shape index (κ1) is 15.9. The Morgan fingerprint density at radius 3 is 2.04 bits per heavy atom. The third-order valence-electron chi connectivity index (χ3n) is 4.25. The maximum Gasteiger partial charge on any atom is 0.335 e. The first-order valence-corrected chi connectivity index (χ1v) is 8.29. The smallest absolute Gasteiger partial charge is 0.335 e. The first-order valence-electron chi connectivity index (χ1n) is 8.29. The number of para-hydroxylation sites is 1. The van der Waals surface area contributed by atoms with E-state index in [-0.39, 0.29) is 5.56 Å². The summed E-state index contributed by atoms with van der Waals surface area (Å²) in [4.78, 5) is 10.9. The summed E-state index contributed by atoms with van der Waals surface area (Å²) in [5, 5.41) is 10.0. The van der Waals surface area contributed by atoms with Gasteiger partial charge in [-0.25, -0.2) is 4.79 Å². The van der Waals surface area contributed by atoms with Crippen LogP contribution in [-0.2, 0) is 0 Å². The van der Waals surface area contributed by atoms with E-state index in [1.807, 2.05) is 66.7 Å². The predicted molar refractivity (Wildman–Crippen MR) is 104 cm³/mol. The molecule has 1 N–H and O–H groups in total. The Balaban J connectivity index is 1.52. The van der Waals surface area contributed by atoms with Crippen LogP contribution in [0.2, 0.25) is 0 Å². The largest absolute Gasteiger partial charge is 0.478 e. The topological polar surface area (TPSA) is 50.4 Å². The molecular formula is C23H16O3. The third-order valence-corrected chi connectivity index (χ3v) is 4.25. The minimum atomic E-state index is -0.915. The fraction of sp³-hybridized carbons (Fsp3) is 0. The lowest BCUT2D eigenvalue weighted by Crippen LogP contribution is -1.94.